The summed E-state index contributed by atoms with van der Waals surface area (Å²) in [6.45, 7) is 0.967. The third kappa shape index (κ3) is 1.92. The standard InChI is InChI=1S/C11H20N2O/c12-11(14)10-9(6-7-13-10)8-4-2-1-3-5-8/h8-10,13H,1-7H2,(H2,12,14)/t9-,10-/m0/s1. The van der Waals surface area contributed by atoms with Gasteiger partial charge in [-0.25, -0.2) is 0 Å². The van der Waals surface area contributed by atoms with Crippen LogP contribution in [-0.2, 0) is 4.79 Å². The molecule has 3 N–H and O–H groups in total. The van der Waals surface area contributed by atoms with E-state index in [1.807, 2.05) is 0 Å². The number of rotatable bonds is 2. The molecule has 2 aliphatic rings. The van der Waals surface area contributed by atoms with Crippen molar-refractivity contribution < 1.29 is 4.79 Å². The largest absolute Gasteiger partial charge is 0.368 e. The number of hydrogen-bond acceptors (Lipinski definition) is 2. The summed E-state index contributed by atoms with van der Waals surface area (Å²) in [6.07, 6.45) is 7.79. The Kier molecular flexibility index (Phi) is 3.06. The Balaban J connectivity index is 1.97. The predicted octanol–water partition coefficient (Wildman–Crippen LogP) is 1.03. The molecule has 0 aromatic rings. The van der Waals surface area contributed by atoms with Crippen molar-refractivity contribution in [1.29, 1.82) is 0 Å². The second-order valence-corrected chi connectivity index (χ2v) is 4.68. The lowest BCUT2D eigenvalue weighted by atomic mass is 9.76. The Bertz CT molecular complexity index is 211. The zero-order valence-electron chi connectivity index (χ0n) is 8.67. The molecule has 0 bridgehead atoms. The second-order valence-electron chi connectivity index (χ2n) is 4.68. The van der Waals surface area contributed by atoms with E-state index in [0.29, 0.717) is 5.92 Å². The van der Waals surface area contributed by atoms with E-state index in [1.54, 1.807) is 0 Å². The van der Waals surface area contributed by atoms with Crippen molar-refractivity contribution >= 4 is 5.91 Å². The molecule has 3 nitrogen and oxygen atoms in total. The normalized spacial score (nSPS) is 34.6. The summed E-state index contributed by atoms with van der Waals surface area (Å²) in [6, 6.07) is -0.0434. The van der Waals surface area contributed by atoms with Crippen LogP contribution in [0.15, 0.2) is 0 Å². The molecular weight excluding hydrogens is 176 g/mol. The van der Waals surface area contributed by atoms with Crippen molar-refractivity contribution in [2.45, 2.75) is 44.6 Å². The van der Waals surface area contributed by atoms with Gasteiger partial charge >= 0.3 is 0 Å². The Morgan fingerprint density at radius 3 is 2.50 bits per heavy atom. The van der Waals surface area contributed by atoms with Crippen LogP contribution in [0, 0.1) is 11.8 Å². The van der Waals surface area contributed by atoms with Gasteiger partial charge in [-0.3, -0.25) is 4.79 Å². The van der Waals surface area contributed by atoms with Gasteiger partial charge in [-0.2, -0.15) is 0 Å². The molecule has 0 unspecified atom stereocenters. The van der Waals surface area contributed by atoms with Crippen molar-refractivity contribution in [2.75, 3.05) is 6.54 Å². The first-order valence-corrected chi connectivity index (χ1v) is 5.82. The van der Waals surface area contributed by atoms with E-state index >= 15 is 0 Å². The van der Waals surface area contributed by atoms with Crippen LogP contribution in [0.25, 0.3) is 0 Å². The predicted molar refractivity (Wildman–Crippen MR) is 55.7 cm³/mol. The molecule has 3 heteroatoms. The van der Waals surface area contributed by atoms with Gasteiger partial charge in [-0.15, -0.1) is 0 Å². The molecule has 1 heterocycles. The van der Waals surface area contributed by atoms with Crippen molar-refractivity contribution in [2.24, 2.45) is 17.6 Å². The summed E-state index contributed by atoms with van der Waals surface area (Å²) < 4.78 is 0. The summed E-state index contributed by atoms with van der Waals surface area (Å²) in [5.41, 5.74) is 5.39. The lowest BCUT2D eigenvalue weighted by Crippen LogP contribution is -2.43. The fourth-order valence-corrected chi connectivity index (χ4v) is 3.11. The minimum Gasteiger partial charge on any atom is -0.368 e. The molecule has 80 valence electrons. The van der Waals surface area contributed by atoms with Crippen LogP contribution in [0.2, 0.25) is 0 Å². The summed E-state index contributed by atoms with van der Waals surface area (Å²) in [5.74, 6) is 1.11. The molecule has 14 heavy (non-hydrogen) atoms. The van der Waals surface area contributed by atoms with Gasteiger partial charge in [-0.1, -0.05) is 32.1 Å². The van der Waals surface area contributed by atoms with Crippen molar-refractivity contribution in [3.05, 3.63) is 0 Å². The van der Waals surface area contributed by atoms with Crippen LogP contribution in [0.1, 0.15) is 38.5 Å². The fraction of sp³-hybridized carbons (Fsp3) is 0.909. The van der Waals surface area contributed by atoms with Crippen LogP contribution in [-0.4, -0.2) is 18.5 Å². The Hall–Kier alpha value is -0.570. The smallest absolute Gasteiger partial charge is 0.234 e. The molecule has 0 aromatic carbocycles. The molecule has 1 amide bonds. The molecule has 0 spiro atoms. The topological polar surface area (TPSA) is 55.1 Å². The zero-order chi connectivity index (χ0) is 9.97. The highest BCUT2D eigenvalue weighted by molar-refractivity contribution is 5.80. The van der Waals surface area contributed by atoms with Crippen LogP contribution in [0.4, 0.5) is 0 Å². The molecular formula is C11H20N2O. The van der Waals surface area contributed by atoms with E-state index < -0.39 is 0 Å². The van der Waals surface area contributed by atoms with Crippen LogP contribution >= 0.6 is 0 Å². The number of nitrogens with one attached hydrogen (secondary N) is 1. The highest BCUT2D eigenvalue weighted by atomic mass is 16.1. The Morgan fingerprint density at radius 2 is 1.86 bits per heavy atom. The van der Waals surface area contributed by atoms with Crippen LogP contribution in [0.3, 0.4) is 0 Å². The SMILES string of the molecule is NC(=O)[C@H]1NCC[C@H]1C1CCCCC1. The molecule has 1 saturated carbocycles. The average Bonchev–Trinajstić information content (AvgIpc) is 2.67. The number of carbonyl (C=O) groups excluding carboxylic acids is 1. The quantitative estimate of drug-likeness (QED) is 0.693. The van der Waals surface area contributed by atoms with Gasteiger partial charge in [0.1, 0.15) is 0 Å². The van der Waals surface area contributed by atoms with Crippen molar-refractivity contribution in [1.82, 2.24) is 5.32 Å². The molecule has 2 fully saturated rings. The van der Waals surface area contributed by atoms with Gasteiger partial charge < -0.3 is 11.1 Å². The first kappa shape index (κ1) is 9.97. The monoisotopic (exact) mass is 196 g/mol. The highest BCUT2D eigenvalue weighted by Crippen LogP contribution is 2.35. The minimum absolute atomic E-state index is 0.0434. The summed E-state index contributed by atoms with van der Waals surface area (Å²) in [7, 11) is 0. The van der Waals surface area contributed by atoms with Crippen molar-refractivity contribution in [3.63, 3.8) is 0 Å². The molecule has 1 aliphatic carbocycles. The average molecular weight is 196 g/mol. The maximum absolute atomic E-state index is 11.2. The lowest BCUT2D eigenvalue weighted by molar-refractivity contribution is -0.121. The van der Waals surface area contributed by atoms with Gasteiger partial charge in [0.25, 0.3) is 0 Å². The molecule has 1 aliphatic heterocycles. The van der Waals surface area contributed by atoms with E-state index in [4.69, 9.17) is 5.73 Å². The molecule has 1 saturated heterocycles. The number of hydrogen-bond donors (Lipinski definition) is 2. The number of nitrogens with two attached hydrogens (primary N) is 1. The van der Waals surface area contributed by atoms with Crippen molar-refractivity contribution in [3.8, 4) is 0 Å². The maximum atomic E-state index is 11.2. The fourth-order valence-electron chi connectivity index (χ4n) is 3.11. The number of amides is 1. The summed E-state index contributed by atoms with van der Waals surface area (Å²) in [5, 5.41) is 3.23. The van der Waals surface area contributed by atoms with E-state index in [2.05, 4.69) is 5.32 Å². The summed E-state index contributed by atoms with van der Waals surface area (Å²) in [4.78, 5) is 11.2. The summed E-state index contributed by atoms with van der Waals surface area (Å²) >= 11 is 0. The third-order valence-corrected chi connectivity index (χ3v) is 3.83. The molecule has 0 aromatic heterocycles. The Morgan fingerprint density at radius 1 is 1.14 bits per heavy atom. The van der Waals surface area contributed by atoms with Gasteiger partial charge in [0.05, 0.1) is 6.04 Å². The van der Waals surface area contributed by atoms with Crippen LogP contribution < -0.4 is 11.1 Å². The van der Waals surface area contributed by atoms with E-state index in [9.17, 15) is 4.79 Å². The van der Waals surface area contributed by atoms with E-state index in [-0.39, 0.29) is 11.9 Å². The number of primary amides is 1. The van der Waals surface area contributed by atoms with Gasteiger partial charge in [-0.05, 0) is 24.8 Å². The van der Waals surface area contributed by atoms with Crippen LogP contribution in [0.5, 0.6) is 0 Å². The van der Waals surface area contributed by atoms with E-state index in [1.165, 1.54) is 32.1 Å². The van der Waals surface area contributed by atoms with Gasteiger partial charge in [0.2, 0.25) is 5.91 Å². The van der Waals surface area contributed by atoms with Gasteiger partial charge in [0.15, 0.2) is 0 Å². The second kappa shape index (κ2) is 4.30. The third-order valence-electron chi connectivity index (χ3n) is 3.83. The maximum Gasteiger partial charge on any atom is 0.234 e. The molecule has 0 radical (unpaired) electrons. The lowest BCUT2D eigenvalue weighted by Gasteiger charge is -2.29. The minimum atomic E-state index is -0.155. The first-order chi connectivity index (χ1) is 6.79. The Labute approximate surface area is 85.4 Å². The zero-order valence-corrected chi connectivity index (χ0v) is 8.67. The highest BCUT2D eigenvalue weighted by Gasteiger charge is 2.36. The molecule has 2 rings (SSSR count). The molecule has 2 atom stereocenters. The van der Waals surface area contributed by atoms with Gasteiger partial charge in [0, 0.05) is 0 Å². The van der Waals surface area contributed by atoms with E-state index in [0.717, 1.165) is 18.9 Å². The number of carbonyl (C=O) groups is 1. The first-order valence-electron chi connectivity index (χ1n) is 5.82.